The molecule has 7 heteroatoms. The number of benzene rings is 2. The van der Waals surface area contributed by atoms with Crippen LogP contribution in [0.3, 0.4) is 0 Å². The molecule has 0 aliphatic heterocycles. The number of pyridine rings is 1. The van der Waals surface area contributed by atoms with E-state index < -0.39 is 6.36 Å². The van der Waals surface area contributed by atoms with Crippen molar-refractivity contribution in [2.24, 2.45) is 0 Å². The fraction of sp³-hybridized carbons (Fsp3) is 0.0526. The molecule has 0 aliphatic carbocycles. The van der Waals surface area contributed by atoms with E-state index in [1.54, 1.807) is 18.5 Å². The van der Waals surface area contributed by atoms with E-state index in [4.69, 9.17) is 0 Å². The standard InChI is InChI=1S/C19H12F3N3O/c20-19(21,22)26-16-6-3-5-15(10-16)25-12-14(11-23-25)18-9-8-13-4-1-2-7-17(13)24-18/h1-12H. The molecule has 0 radical (unpaired) electrons. The molecule has 4 nitrogen and oxygen atoms in total. The van der Waals surface area contributed by atoms with Gasteiger partial charge in [0.05, 0.1) is 23.1 Å². The Labute approximate surface area is 146 Å². The molecule has 0 fully saturated rings. The molecule has 0 unspecified atom stereocenters. The van der Waals surface area contributed by atoms with Crippen molar-refractivity contribution in [3.63, 3.8) is 0 Å². The third-order valence-electron chi connectivity index (χ3n) is 3.79. The number of halogens is 3. The molecule has 2 aromatic carbocycles. The summed E-state index contributed by atoms with van der Waals surface area (Å²) in [5.74, 6) is -0.295. The number of ether oxygens (including phenoxy) is 1. The summed E-state index contributed by atoms with van der Waals surface area (Å²) < 4.78 is 42.6. The molecule has 0 spiro atoms. The fourth-order valence-electron chi connectivity index (χ4n) is 2.65. The molecular formula is C19H12F3N3O. The second-order valence-corrected chi connectivity index (χ2v) is 5.61. The van der Waals surface area contributed by atoms with Crippen LogP contribution in [-0.4, -0.2) is 21.1 Å². The van der Waals surface area contributed by atoms with E-state index in [0.717, 1.165) is 22.2 Å². The SMILES string of the molecule is FC(F)(F)Oc1cccc(-n2cc(-c3ccc4ccccc4n3)cn2)c1. The van der Waals surface area contributed by atoms with Gasteiger partial charge in [-0.15, -0.1) is 13.2 Å². The van der Waals surface area contributed by atoms with Crippen LogP contribution < -0.4 is 4.74 Å². The Morgan fingerprint density at radius 3 is 2.62 bits per heavy atom. The van der Waals surface area contributed by atoms with Gasteiger partial charge < -0.3 is 4.74 Å². The largest absolute Gasteiger partial charge is 0.573 e. The molecule has 4 aromatic rings. The van der Waals surface area contributed by atoms with E-state index in [1.165, 1.54) is 22.9 Å². The summed E-state index contributed by atoms with van der Waals surface area (Å²) in [4.78, 5) is 4.59. The predicted octanol–water partition coefficient (Wildman–Crippen LogP) is 4.99. The topological polar surface area (TPSA) is 39.9 Å². The molecular weight excluding hydrogens is 343 g/mol. The Kier molecular flexibility index (Phi) is 3.84. The van der Waals surface area contributed by atoms with E-state index >= 15 is 0 Å². The summed E-state index contributed by atoms with van der Waals surface area (Å²) in [6, 6.07) is 17.2. The van der Waals surface area contributed by atoms with Crippen LogP contribution in [0.25, 0.3) is 27.8 Å². The molecule has 4 rings (SSSR count). The van der Waals surface area contributed by atoms with Gasteiger partial charge in [-0.05, 0) is 24.3 Å². The average Bonchev–Trinajstić information content (AvgIpc) is 3.10. The monoisotopic (exact) mass is 355 g/mol. The van der Waals surface area contributed by atoms with Crippen LogP contribution in [0.2, 0.25) is 0 Å². The molecule has 130 valence electrons. The van der Waals surface area contributed by atoms with Crippen molar-refractivity contribution in [1.82, 2.24) is 14.8 Å². The van der Waals surface area contributed by atoms with Gasteiger partial charge in [0.1, 0.15) is 5.75 Å². The molecule has 0 saturated heterocycles. The maximum atomic E-state index is 12.4. The Hall–Kier alpha value is -3.35. The van der Waals surface area contributed by atoms with Gasteiger partial charge >= 0.3 is 6.36 Å². The van der Waals surface area contributed by atoms with Crippen LogP contribution in [0.4, 0.5) is 13.2 Å². The molecule has 0 atom stereocenters. The predicted molar refractivity (Wildman–Crippen MR) is 91.0 cm³/mol. The minimum Gasteiger partial charge on any atom is -0.406 e. The fourth-order valence-corrected chi connectivity index (χ4v) is 2.65. The Morgan fingerprint density at radius 2 is 1.77 bits per heavy atom. The second-order valence-electron chi connectivity index (χ2n) is 5.61. The van der Waals surface area contributed by atoms with E-state index in [-0.39, 0.29) is 5.75 Å². The van der Waals surface area contributed by atoms with Crippen LogP contribution in [0.5, 0.6) is 5.75 Å². The number of alkyl halides is 3. The van der Waals surface area contributed by atoms with Crippen LogP contribution in [0, 0.1) is 0 Å². The summed E-state index contributed by atoms with van der Waals surface area (Å²) in [6.07, 6.45) is -1.40. The van der Waals surface area contributed by atoms with E-state index in [2.05, 4.69) is 14.8 Å². The number of rotatable bonds is 3. The van der Waals surface area contributed by atoms with Gasteiger partial charge in [0.15, 0.2) is 0 Å². The number of nitrogens with zero attached hydrogens (tertiary/aromatic N) is 3. The van der Waals surface area contributed by atoms with Gasteiger partial charge in [0, 0.05) is 23.2 Å². The normalized spacial score (nSPS) is 11.7. The van der Waals surface area contributed by atoms with E-state index in [1.807, 2.05) is 36.4 Å². The summed E-state index contributed by atoms with van der Waals surface area (Å²) >= 11 is 0. The zero-order chi connectivity index (χ0) is 18.1. The highest BCUT2D eigenvalue weighted by Crippen LogP contribution is 2.26. The summed E-state index contributed by atoms with van der Waals surface area (Å²) in [7, 11) is 0. The minimum absolute atomic E-state index is 0.295. The maximum Gasteiger partial charge on any atom is 0.573 e. The Balaban J connectivity index is 1.66. The van der Waals surface area contributed by atoms with E-state index in [0.29, 0.717) is 5.69 Å². The zero-order valence-electron chi connectivity index (χ0n) is 13.3. The minimum atomic E-state index is -4.73. The van der Waals surface area contributed by atoms with Crippen LogP contribution in [0.15, 0.2) is 73.1 Å². The van der Waals surface area contributed by atoms with Crippen LogP contribution in [0.1, 0.15) is 0 Å². The van der Waals surface area contributed by atoms with Crippen molar-refractivity contribution < 1.29 is 17.9 Å². The number of aromatic nitrogens is 3. The first kappa shape index (κ1) is 16.1. The third-order valence-corrected chi connectivity index (χ3v) is 3.79. The first-order valence-corrected chi connectivity index (χ1v) is 7.75. The number of para-hydroxylation sites is 1. The lowest BCUT2D eigenvalue weighted by molar-refractivity contribution is -0.274. The highest BCUT2D eigenvalue weighted by Gasteiger charge is 2.31. The van der Waals surface area contributed by atoms with Gasteiger partial charge in [0.2, 0.25) is 0 Å². The van der Waals surface area contributed by atoms with Crippen molar-refractivity contribution >= 4 is 10.9 Å². The van der Waals surface area contributed by atoms with Gasteiger partial charge in [-0.1, -0.05) is 30.3 Å². The lowest BCUT2D eigenvalue weighted by atomic mass is 10.1. The van der Waals surface area contributed by atoms with Crippen molar-refractivity contribution in [3.05, 3.63) is 73.1 Å². The quantitative estimate of drug-likeness (QED) is 0.520. The van der Waals surface area contributed by atoms with Crippen molar-refractivity contribution in [3.8, 4) is 22.7 Å². The first-order chi connectivity index (χ1) is 12.5. The molecule has 2 heterocycles. The first-order valence-electron chi connectivity index (χ1n) is 7.75. The van der Waals surface area contributed by atoms with Crippen LogP contribution >= 0.6 is 0 Å². The average molecular weight is 355 g/mol. The number of fused-ring (bicyclic) bond motifs is 1. The van der Waals surface area contributed by atoms with Gasteiger partial charge in [0.25, 0.3) is 0 Å². The van der Waals surface area contributed by atoms with Crippen molar-refractivity contribution in [2.75, 3.05) is 0 Å². The highest BCUT2D eigenvalue weighted by atomic mass is 19.4. The summed E-state index contributed by atoms with van der Waals surface area (Å²) in [6.45, 7) is 0. The zero-order valence-corrected chi connectivity index (χ0v) is 13.3. The molecule has 2 aromatic heterocycles. The Morgan fingerprint density at radius 1 is 0.923 bits per heavy atom. The second kappa shape index (κ2) is 6.18. The number of hydrogen-bond acceptors (Lipinski definition) is 3. The van der Waals surface area contributed by atoms with Gasteiger partial charge in [-0.25, -0.2) is 9.67 Å². The van der Waals surface area contributed by atoms with Crippen molar-refractivity contribution in [2.45, 2.75) is 6.36 Å². The number of hydrogen-bond donors (Lipinski definition) is 0. The molecule has 0 amide bonds. The third kappa shape index (κ3) is 3.37. The lowest BCUT2D eigenvalue weighted by Gasteiger charge is -2.09. The molecule has 0 bridgehead atoms. The van der Waals surface area contributed by atoms with E-state index in [9.17, 15) is 13.2 Å². The van der Waals surface area contributed by atoms with Gasteiger partial charge in [-0.2, -0.15) is 5.10 Å². The Bertz CT molecular complexity index is 1070. The molecule has 0 aliphatic rings. The smallest absolute Gasteiger partial charge is 0.406 e. The maximum absolute atomic E-state index is 12.4. The molecule has 26 heavy (non-hydrogen) atoms. The van der Waals surface area contributed by atoms with Crippen LogP contribution in [-0.2, 0) is 0 Å². The highest BCUT2D eigenvalue weighted by molar-refractivity contribution is 5.81. The lowest BCUT2D eigenvalue weighted by Crippen LogP contribution is -2.17. The molecule has 0 N–H and O–H groups in total. The molecule has 0 saturated carbocycles. The summed E-state index contributed by atoms with van der Waals surface area (Å²) in [5, 5.41) is 5.25. The summed E-state index contributed by atoms with van der Waals surface area (Å²) in [5.41, 5.74) is 2.81. The van der Waals surface area contributed by atoms with Crippen molar-refractivity contribution in [1.29, 1.82) is 0 Å². The van der Waals surface area contributed by atoms with Gasteiger partial charge in [-0.3, -0.25) is 0 Å².